The van der Waals surface area contributed by atoms with E-state index in [1.807, 2.05) is 77.8 Å². The van der Waals surface area contributed by atoms with Crippen LogP contribution in [0.1, 0.15) is 340 Å². The van der Waals surface area contributed by atoms with E-state index in [4.69, 9.17) is 10.2 Å². The second kappa shape index (κ2) is 82.6. The number of aromatic nitrogens is 1. The number of carbonyl (C=O) groups is 1. The van der Waals surface area contributed by atoms with Crippen molar-refractivity contribution in [1.82, 2.24) is 40.4 Å². The van der Waals surface area contributed by atoms with Gasteiger partial charge in [-0.05, 0) is 228 Å². The predicted octanol–water partition coefficient (Wildman–Crippen LogP) is 16.5. The molecule has 2 atom stereocenters. The summed E-state index contributed by atoms with van der Waals surface area (Å²) in [5.74, 6) is 0.941. The smallest absolute Gasteiger partial charge is 0.225 e. The van der Waals surface area contributed by atoms with Gasteiger partial charge in [0.15, 0.2) is 9.84 Å². The van der Waals surface area contributed by atoms with Gasteiger partial charge >= 0.3 is 0 Å². The fraction of sp³-hybridized carbons (Fsp3) is 0.865. The van der Waals surface area contributed by atoms with Crippen LogP contribution in [-0.4, -0.2) is 307 Å². The summed E-state index contributed by atoms with van der Waals surface area (Å²) in [5.41, 5.74) is 1.16. The highest BCUT2D eigenvalue weighted by molar-refractivity contribution is 7.93. The molecule has 3 aliphatic rings. The Labute approximate surface area is 821 Å². The molecule has 2 aliphatic heterocycles. The monoisotopic (exact) mass is 2110 g/mol. The molecular weight excluding hydrogens is 1900 g/mol. The lowest BCUT2D eigenvalue weighted by atomic mass is 10.1. The van der Waals surface area contributed by atoms with Gasteiger partial charge < -0.3 is 15.1 Å². The Kier molecular flexibility index (Phi) is 109. The number of nitrogens with two attached hydrogens (primary N) is 1. The Bertz CT molecular complexity index is 4150. The number of rotatable bonds is 28. The van der Waals surface area contributed by atoms with Crippen molar-refractivity contribution in [3.63, 3.8) is 0 Å². The standard InChI is InChI=1S/C9H12O2S.2C8H17NO3S.C8H17NO.C8H11N.C7H15NO2S.C7H17NO2S.C6H15NO2S.C5H13NO2S.C4H11NO2S.C4H10O2S.C3H9NO2S.12CH4/c1-8(2)12(10,11)9-6-4-3-5-7-9;2*1-7(2)13(11,12)9-5-3-4-8(9)6-10;1-5-9(6-2)8(10)7(3)4;1-7(2)8-5-3-4-6-9-8;1-6(2)11(9,10)8(3)7-4-5-7;1-5-8(6-2)11(9,10)7(3)4;1-5-7(4)10(8,9)6(2)3;1-5(2)9(7,8)6(3)4;1-4(2)8(6,7)5-3;1-4(2)7(3,5)6;1-3(2)7(4,5)6;;;;;;;;;;;;/h3-8H,1-2H3;2*7-8,10H,3-6H2,1-2H3;7H,5-6H2,1-4H3;3-7H,1-2H3;6-7H,4-5H2,1-3H3;7H,5-6H2,1-4H3;6H,5H2,1-4H3;5H,1-4H3;4-5H,1-3H3;4H,1-3H3;3H,1-2H3,(H2,4,5,6);12*1H4/t;2*8-;;;;;;;;;;;;;;;;;;;;;/m.10...................../s1. The molecule has 0 unspecified atom stereocenters. The SMILES string of the molecule is C.C.C.C.C.C.C.C.C.C.C.C.CC(C)S(=O)(=O)N(C)C.CC(C)S(=O)(=O)N(C)C1CC1.CC(C)S(=O)(=O)N1CCC[C@@H]1CO.CC(C)S(=O)(=O)N1CCC[C@H]1CO.CC(C)S(=O)(=O)c1ccccc1.CC(C)S(C)(=O)=O.CC(C)S(N)(=O)=O.CC(C)c1ccccn1.CCN(C)S(=O)(=O)C(C)C.CCN(CC)C(=O)C(C)C.CCN(CC)S(=O)(=O)C(C)C.CNS(=O)(=O)C(C)C. The van der Waals surface area contributed by atoms with Crippen LogP contribution < -0.4 is 9.86 Å². The maximum absolute atomic E-state index is 11.7. The average molecular weight is 2110 g/mol. The van der Waals surface area contributed by atoms with E-state index in [2.05, 4.69) is 28.7 Å². The molecule has 5 N–H and O–H groups in total. The third kappa shape index (κ3) is 68.9. The van der Waals surface area contributed by atoms with Crippen LogP contribution in [0.25, 0.3) is 0 Å². The molecule has 0 bridgehead atoms. The number of hydrogen-bond acceptors (Lipinski definition) is 24. The van der Waals surface area contributed by atoms with Crippen LogP contribution >= 0.6 is 0 Å². The largest absolute Gasteiger partial charge is 0.395 e. The Morgan fingerprint density at radius 1 is 0.424 bits per heavy atom. The summed E-state index contributed by atoms with van der Waals surface area (Å²) < 4.78 is 233. The van der Waals surface area contributed by atoms with Crippen molar-refractivity contribution in [2.45, 2.75) is 410 Å². The first-order valence-corrected chi connectivity index (χ1v) is 56.5. The number of hydrogen-bond donors (Lipinski definition) is 4. The predicted molar refractivity (Wildman–Crippen MR) is 576 cm³/mol. The molecule has 1 aromatic carbocycles. The first-order valence-electron chi connectivity index (χ1n) is 40.8. The molecule has 2 saturated heterocycles. The zero-order valence-corrected chi connectivity index (χ0v) is 87.3. The summed E-state index contributed by atoms with van der Waals surface area (Å²) in [6.07, 6.45) is 8.40. The van der Waals surface area contributed by atoms with E-state index < -0.39 is 105 Å². The Morgan fingerprint density at radius 2 is 0.742 bits per heavy atom. The highest BCUT2D eigenvalue weighted by Crippen LogP contribution is 2.29. The van der Waals surface area contributed by atoms with Crippen molar-refractivity contribution in [2.75, 3.05) is 101 Å². The first kappa shape index (κ1) is 175. The molecule has 5 rings (SSSR count). The lowest BCUT2D eigenvalue weighted by Gasteiger charge is -2.24. The van der Waals surface area contributed by atoms with E-state index in [-0.39, 0.29) is 173 Å². The Morgan fingerprint density at radius 3 is 0.894 bits per heavy atom. The van der Waals surface area contributed by atoms with Gasteiger partial charge in [-0.25, -0.2) is 111 Å². The summed E-state index contributed by atoms with van der Waals surface area (Å²) in [6.45, 7) is 55.2. The van der Waals surface area contributed by atoms with Crippen LogP contribution in [0.2, 0.25) is 0 Å². The molecule has 816 valence electrons. The topological polar surface area (TPSA) is 473 Å². The van der Waals surface area contributed by atoms with Gasteiger partial charge in [-0.1, -0.05) is 162 Å². The Balaban J connectivity index is -0.0000000618. The van der Waals surface area contributed by atoms with Crippen LogP contribution in [0, 0.1) is 5.92 Å². The van der Waals surface area contributed by atoms with Gasteiger partial charge in [-0.15, -0.1) is 0 Å². The van der Waals surface area contributed by atoms with Crippen LogP contribution in [0.15, 0.2) is 59.6 Å². The van der Waals surface area contributed by atoms with Crippen LogP contribution in [-0.2, 0) is 105 Å². The van der Waals surface area contributed by atoms with Gasteiger partial charge in [0.25, 0.3) is 0 Å². The molecule has 1 aromatic heterocycles. The number of carbonyl (C=O) groups excluding carboxylic acids is 1. The molecule has 3 heterocycles. The highest BCUT2D eigenvalue weighted by atomic mass is 32.2. The maximum Gasteiger partial charge on any atom is 0.225 e. The number of nitrogens with zero attached hydrogens (tertiary/aromatic N) is 8. The summed E-state index contributed by atoms with van der Waals surface area (Å²) in [5, 5.41) is 19.3. The van der Waals surface area contributed by atoms with Crippen LogP contribution in [0.3, 0.4) is 0 Å². The number of primary sulfonamides is 1. The van der Waals surface area contributed by atoms with Gasteiger partial charge in [0, 0.05) is 116 Å². The van der Waals surface area contributed by atoms with E-state index in [9.17, 15) is 89.0 Å². The fourth-order valence-electron chi connectivity index (χ4n) is 8.75. The van der Waals surface area contributed by atoms with Crippen molar-refractivity contribution in [3.8, 4) is 0 Å². The molecule has 1 aliphatic carbocycles. The number of pyridine rings is 1. The van der Waals surface area contributed by atoms with Gasteiger partial charge in [-0.2, -0.15) is 8.61 Å². The number of nitrogens with one attached hydrogen (secondary N) is 1. The molecule has 3 fully saturated rings. The minimum absolute atomic E-state index is 0. The molecule has 1 saturated carbocycles. The summed E-state index contributed by atoms with van der Waals surface area (Å²) in [7, 11) is -22.6. The van der Waals surface area contributed by atoms with Crippen molar-refractivity contribution in [3.05, 3.63) is 60.4 Å². The molecule has 0 radical (unpaired) electrons. The van der Waals surface area contributed by atoms with Crippen molar-refractivity contribution < 1.29 is 99.2 Å². The van der Waals surface area contributed by atoms with Crippen molar-refractivity contribution in [1.29, 1.82) is 0 Å². The minimum Gasteiger partial charge on any atom is -0.395 e. The van der Waals surface area contributed by atoms with E-state index in [1.165, 1.54) is 67.1 Å². The molecule has 1 amide bonds. The van der Waals surface area contributed by atoms with E-state index in [0.29, 0.717) is 49.6 Å². The first-order chi connectivity index (χ1) is 54.1. The van der Waals surface area contributed by atoms with Crippen LogP contribution in [0.4, 0.5) is 0 Å². The van der Waals surface area contributed by atoms with Gasteiger partial charge in [0.1, 0.15) is 9.84 Å². The normalized spacial score (nSPS) is 14.3. The lowest BCUT2D eigenvalue weighted by Crippen LogP contribution is -2.41. The zero-order chi connectivity index (χ0) is 96.8. The summed E-state index contributed by atoms with van der Waals surface area (Å²) in [6, 6.07) is 14.4. The zero-order valence-electron chi connectivity index (χ0n) is 79.2. The van der Waals surface area contributed by atoms with Crippen molar-refractivity contribution in [2.24, 2.45) is 11.1 Å². The molecule has 33 nitrogen and oxygen atoms in total. The van der Waals surface area contributed by atoms with E-state index >= 15 is 0 Å². The number of amides is 1. The molecule has 2 aromatic rings. The third-order valence-electron chi connectivity index (χ3n) is 18.2. The Hall–Kier alpha value is -3.06. The number of benzene rings is 1. The number of aliphatic hydroxyl groups is 2. The maximum atomic E-state index is 11.7. The number of sulfonamides is 8. The highest BCUT2D eigenvalue weighted by Gasteiger charge is 2.38. The van der Waals surface area contributed by atoms with Gasteiger partial charge in [0.2, 0.25) is 86.1 Å². The number of sulfone groups is 2. The van der Waals surface area contributed by atoms with Gasteiger partial charge in [-0.3, -0.25) is 9.78 Å². The summed E-state index contributed by atoms with van der Waals surface area (Å²) >= 11 is 0. The van der Waals surface area contributed by atoms with Crippen LogP contribution in [0.5, 0.6) is 0 Å². The number of aliphatic hydroxyl groups excluding tert-OH is 2. The molecule has 0 spiro atoms. The quantitative estimate of drug-likeness (QED) is 0.0614. The lowest BCUT2D eigenvalue weighted by molar-refractivity contribution is -0.134. The van der Waals surface area contributed by atoms with E-state index in [0.717, 1.165) is 57.3 Å². The molecule has 43 heteroatoms. The third-order valence-corrected chi connectivity index (χ3v) is 39.1. The molecular formula is C89H212N10O23S10. The minimum atomic E-state index is -3.24. The second-order valence-electron chi connectivity index (χ2n) is 31.6. The fourth-order valence-corrected chi connectivity index (χ4v) is 17.9. The second-order valence-corrected chi connectivity index (χ2v) is 56.5. The molecule has 132 heavy (non-hydrogen) atoms. The van der Waals surface area contributed by atoms with E-state index in [1.54, 1.807) is 169 Å². The average Bonchev–Trinajstić information content (AvgIpc) is 1.66. The van der Waals surface area contributed by atoms with Crippen molar-refractivity contribution >= 4 is 106 Å². The van der Waals surface area contributed by atoms with Gasteiger partial charge in [0.05, 0.1) is 70.6 Å². The summed E-state index contributed by atoms with van der Waals surface area (Å²) in [4.78, 5) is 17.7.